The van der Waals surface area contributed by atoms with E-state index in [1.165, 1.54) is 58.3 Å². The maximum Gasteiger partial charge on any atom is 0.333 e. The molecule has 0 spiro atoms. The number of rotatable bonds is 36. The van der Waals surface area contributed by atoms with Crippen LogP contribution in [0, 0.1) is 69.1 Å². The molecule has 0 aliphatic carbocycles. The lowest BCUT2D eigenvalue weighted by atomic mass is 10.1. The van der Waals surface area contributed by atoms with Crippen LogP contribution in [0.5, 0.6) is 0 Å². The third-order valence-electron chi connectivity index (χ3n) is 7.23. The Bertz CT molecular complexity index is 2320. The SMILES string of the molecule is C=C(C)C(=O)OCCOC#N.C=C(C)C(=O)OCCOCCOC#N.C=CC(=O)OCC(C)(COC(=O)C(=C)C)OC#N.C=CC(=O)OCC(C)(COC(=O)C=C)OC#N.C=CC(=O)OCCOC#N.C=CC(=O)OCCOCCOC#N. The minimum Gasteiger partial charge on any atom is -0.460 e. The predicted molar refractivity (Wildman–Crippen MR) is 281 cm³/mol. The van der Waals surface area contributed by atoms with Crippen molar-refractivity contribution >= 4 is 47.8 Å². The fourth-order valence-corrected chi connectivity index (χ4v) is 3.32. The van der Waals surface area contributed by atoms with E-state index in [9.17, 15) is 38.4 Å². The molecule has 0 amide bonds. The highest BCUT2D eigenvalue weighted by Crippen LogP contribution is 2.13. The van der Waals surface area contributed by atoms with Crippen molar-refractivity contribution in [3.05, 3.63) is 99.7 Å². The molecule has 0 rings (SSSR count). The summed E-state index contributed by atoms with van der Waals surface area (Å²) < 4.78 is 74.0. The van der Waals surface area contributed by atoms with Crippen LogP contribution in [0.2, 0.25) is 0 Å². The summed E-state index contributed by atoms with van der Waals surface area (Å²) in [7, 11) is 0. The first-order valence-electron chi connectivity index (χ1n) is 23.1. The first kappa shape index (κ1) is 83.7. The van der Waals surface area contributed by atoms with Gasteiger partial charge in [0.05, 0.1) is 26.4 Å². The van der Waals surface area contributed by atoms with E-state index in [4.69, 9.17) is 74.2 Å². The summed E-state index contributed by atoms with van der Waals surface area (Å²) in [5.74, 6) is -4.47. The summed E-state index contributed by atoms with van der Waals surface area (Å²) in [6.45, 7) is 35.2. The largest absolute Gasteiger partial charge is 0.460 e. The molecule has 30 heteroatoms. The molecule has 0 saturated carbocycles. The lowest BCUT2D eigenvalue weighted by Gasteiger charge is -2.25. The third kappa shape index (κ3) is 63.8. The molecule has 454 valence electrons. The molecule has 0 fully saturated rings. The van der Waals surface area contributed by atoms with Gasteiger partial charge in [0.25, 0.3) is 37.5 Å². The lowest BCUT2D eigenvalue weighted by Crippen LogP contribution is -2.40. The summed E-state index contributed by atoms with van der Waals surface area (Å²) in [4.78, 5) is 86.1. The van der Waals surface area contributed by atoms with Gasteiger partial charge in [0.15, 0.2) is 11.2 Å². The molecule has 1 unspecified atom stereocenters. The van der Waals surface area contributed by atoms with Gasteiger partial charge in [-0.15, -0.1) is 0 Å². The van der Waals surface area contributed by atoms with Gasteiger partial charge in [-0.05, 0) is 34.6 Å². The van der Waals surface area contributed by atoms with Crippen LogP contribution in [0.1, 0.15) is 34.6 Å². The third-order valence-corrected chi connectivity index (χ3v) is 7.23. The Hall–Kier alpha value is -10.7. The van der Waals surface area contributed by atoms with Crippen LogP contribution < -0.4 is 0 Å². The highest BCUT2D eigenvalue weighted by Gasteiger charge is 2.31. The molecule has 0 heterocycles. The fraction of sp³-hybridized carbons (Fsp3) is 0.434. The Morgan fingerprint density at radius 3 is 0.819 bits per heavy atom. The van der Waals surface area contributed by atoms with Crippen LogP contribution in [0.15, 0.2) is 99.7 Å². The van der Waals surface area contributed by atoms with Gasteiger partial charge in [0.1, 0.15) is 79.3 Å². The highest BCUT2D eigenvalue weighted by molar-refractivity contribution is 5.88. The van der Waals surface area contributed by atoms with Gasteiger partial charge in [-0.2, -0.15) is 31.6 Å². The Labute approximate surface area is 481 Å². The molecular weight excluding hydrogens is 1100 g/mol. The van der Waals surface area contributed by atoms with Crippen molar-refractivity contribution in [2.45, 2.75) is 45.8 Å². The molecule has 0 radical (unpaired) electrons. The zero-order valence-electron chi connectivity index (χ0n) is 46.8. The van der Waals surface area contributed by atoms with E-state index < -0.39 is 59.0 Å². The number of hydrogen-bond acceptors (Lipinski definition) is 30. The van der Waals surface area contributed by atoms with Gasteiger partial charge in [0, 0.05) is 47.1 Å². The van der Waals surface area contributed by atoms with Crippen LogP contribution in [-0.4, -0.2) is 165 Å². The maximum atomic E-state index is 11.2. The first-order chi connectivity index (χ1) is 39.3. The second-order valence-electron chi connectivity index (χ2n) is 14.6. The zero-order chi connectivity index (χ0) is 64.8. The second kappa shape index (κ2) is 59.0. The Morgan fingerprint density at radius 1 is 0.337 bits per heavy atom. The maximum absolute atomic E-state index is 11.2. The fourth-order valence-electron chi connectivity index (χ4n) is 3.32. The molecule has 0 saturated heterocycles. The number of nitrogens with zero attached hydrogens (tertiary/aromatic N) is 6. The minimum absolute atomic E-state index is 0.0818. The molecule has 0 aliphatic rings. The molecule has 0 aliphatic heterocycles. The predicted octanol–water partition coefficient (Wildman–Crippen LogP) is 3.46. The van der Waals surface area contributed by atoms with Crippen molar-refractivity contribution in [1.82, 2.24) is 0 Å². The zero-order valence-corrected chi connectivity index (χ0v) is 46.8. The first-order valence-corrected chi connectivity index (χ1v) is 23.1. The van der Waals surface area contributed by atoms with Crippen LogP contribution in [0.25, 0.3) is 0 Å². The van der Waals surface area contributed by atoms with Gasteiger partial charge in [-0.25, -0.2) is 38.4 Å². The topological polar surface area (TPSA) is 427 Å². The monoisotopic (exact) mass is 1170 g/mol. The average molecular weight is 1170 g/mol. The van der Waals surface area contributed by atoms with Crippen molar-refractivity contribution in [3.8, 4) is 37.5 Å². The van der Waals surface area contributed by atoms with Crippen LogP contribution in [0.3, 0.4) is 0 Å². The van der Waals surface area contributed by atoms with E-state index >= 15 is 0 Å². The van der Waals surface area contributed by atoms with Crippen LogP contribution in [-0.2, 0) is 114 Å². The van der Waals surface area contributed by atoms with E-state index in [0.29, 0.717) is 24.4 Å². The van der Waals surface area contributed by atoms with Gasteiger partial charge in [-0.3, -0.25) is 0 Å². The summed E-state index contributed by atoms with van der Waals surface area (Å²) >= 11 is 0. The van der Waals surface area contributed by atoms with Gasteiger partial charge >= 0.3 is 47.8 Å². The van der Waals surface area contributed by atoms with Crippen molar-refractivity contribution in [3.63, 3.8) is 0 Å². The van der Waals surface area contributed by atoms with E-state index in [0.717, 1.165) is 30.4 Å². The van der Waals surface area contributed by atoms with Crippen molar-refractivity contribution < 1.29 is 114 Å². The smallest absolute Gasteiger partial charge is 0.333 e. The number of hydrogen-bond donors (Lipinski definition) is 0. The summed E-state index contributed by atoms with van der Waals surface area (Å²) in [5, 5.41) is 48.7. The van der Waals surface area contributed by atoms with E-state index in [1.807, 2.05) is 0 Å². The average Bonchev–Trinajstić information content (AvgIpc) is 3.47. The number of esters is 8. The van der Waals surface area contributed by atoms with Crippen molar-refractivity contribution in [1.29, 1.82) is 31.6 Å². The minimum atomic E-state index is -1.24. The standard InChI is InChI=1S/C12H15NO5.C11H13NO5.C9H13NO4.C8H11NO4.C7H9NO3.C6H7NO3/c1-5-10(14)16-6-12(4,18-8-13)7-17-11(15)9(2)3;1-4-9(13)15-6-11(3,17-8-12)7-16-10(14)5-2;1-8(2)9(11)14-6-5-12-3-4-13-7-10;1-2-8(10)13-6-5-11-3-4-12-7-9;1-6(2)7(9)11-4-3-10-5-8;1-2-6(8)10-4-3-9-5-7/h5H,1-2,6-7H2,3-4H3;4-5H,1-2,6-7H2,3H3;1,3-6H2,2H3;2H,1,3-6H2;1,3-4H2,2H3;2H,1,3-4H2. The normalized spacial score (nSPS) is 9.48. The molecule has 0 bridgehead atoms. The Kier molecular flexibility index (Phi) is 59.5. The van der Waals surface area contributed by atoms with E-state index in [1.54, 1.807) is 13.8 Å². The summed E-state index contributed by atoms with van der Waals surface area (Å²) in [6.07, 6.45) is 13.9. The number of carbonyl (C=O) groups excluding carboxylic acids is 8. The van der Waals surface area contributed by atoms with E-state index in [2.05, 4.69) is 85.8 Å². The lowest BCUT2D eigenvalue weighted by molar-refractivity contribution is -0.156. The van der Waals surface area contributed by atoms with Crippen molar-refractivity contribution in [2.75, 3.05) is 106 Å². The van der Waals surface area contributed by atoms with Gasteiger partial charge < -0.3 is 75.8 Å². The number of nitriles is 6. The molecule has 0 N–H and O–H groups in total. The summed E-state index contributed by atoms with van der Waals surface area (Å²) in [5.41, 5.74) is -1.55. The number of carbonyl (C=O) groups is 8. The Morgan fingerprint density at radius 2 is 0.554 bits per heavy atom. The Balaban J connectivity index is -0.000000217. The molecule has 0 aromatic carbocycles. The van der Waals surface area contributed by atoms with Crippen LogP contribution >= 0.6 is 0 Å². The molecule has 30 nitrogen and oxygen atoms in total. The van der Waals surface area contributed by atoms with Gasteiger partial charge in [0.2, 0.25) is 0 Å². The number of ether oxygens (including phenoxy) is 16. The quantitative estimate of drug-likeness (QED) is 0.0285. The van der Waals surface area contributed by atoms with Gasteiger partial charge in [-0.1, -0.05) is 52.6 Å². The van der Waals surface area contributed by atoms with Crippen LogP contribution in [0.4, 0.5) is 0 Å². The summed E-state index contributed by atoms with van der Waals surface area (Å²) in [6, 6.07) is 0. The molecule has 83 heavy (non-hydrogen) atoms. The molecule has 0 aromatic rings. The van der Waals surface area contributed by atoms with E-state index in [-0.39, 0.29) is 98.1 Å². The van der Waals surface area contributed by atoms with Crippen molar-refractivity contribution in [2.24, 2.45) is 0 Å². The molecular formula is C53H68N6O24. The molecule has 0 aromatic heterocycles. The highest BCUT2D eigenvalue weighted by atomic mass is 16.6. The molecule has 1 atom stereocenters. The second-order valence-corrected chi connectivity index (χ2v) is 14.6.